The Labute approximate surface area is 114 Å². The minimum atomic E-state index is -0.338. The van der Waals surface area contributed by atoms with Crippen LogP contribution in [0.5, 0.6) is 0 Å². The lowest BCUT2D eigenvalue weighted by Crippen LogP contribution is -2.06. The van der Waals surface area contributed by atoms with Gasteiger partial charge >= 0.3 is 0 Å². The van der Waals surface area contributed by atoms with Crippen molar-refractivity contribution in [2.75, 3.05) is 0 Å². The normalized spacial score (nSPS) is 10.4. The molecule has 0 spiro atoms. The van der Waals surface area contributed by atoms with Crippen LogP contribution in [0.15, 0.2) is 46.9 Å². The summed E-state index contributed by atoms with van der Waals surface area (Å²) in [5.74, 6) is -0.426. The van der Waals surface area contributed by atoms with Gasteiger partial charge in [0.15, 0.2) is 5.78 Å². The summed E-state index contributed by atoms with van der Waals surface area (Å²) >= 11 is 3.40. The van der Waals surface area contributed by atoms with E-state index in [0.29, 0.717) is 11.1 Å². The van der Waals surface area contributed by atoms with Gasteiger partial charge in [0, 0.05) is 16.5 Å². The molecule has 0 aliphatic heterocycles. The molecule has 0 bridgehead atoms. The van der Waals surface area contributed by atoms with Gasteiger partial charge in [0.1, 0.15) is 5.82 Å². The van der Waals surface area contributed by atoms with E-state index in [2.05, 4.69) is 15.9 Å². The number of halogens is 2. The largest absolute Gasteiger partial charge is 0.294 e. The first kappa shape index (κ1) is 13.0. The van der Waals surface area contributed by atoms with E-state index in [1.165, 1.54) is 6.07 Å². The molecular weight excluding hydrogens is 295 g/mol. The summed E-state index contributed by atoms with van der Waals surface area (Å²) in [6.07, 6.45) is 0.0781. The standard InChI is InChI=1S/C15H12BrFO/c1-10-5-4-7-12(15(10)16)14(18)9-11-6-2-3-8-13(11)17/h2-8H,9H2,1H3. The Kier molecular flexibility index (Phi) is 3.92. The third kappa shape index (κ3) is 2.67. The highest BCUT2D eigenvalue weighted by atomic mass is 79.9. The fourth-order valence-corrected chi connectivity index (χ4v) is 2.26. The zero-order valence-corrected chi connectivity index (χ0v) is 11.5. The van der Waals surface area contributed by atoms with Crippen molar-refractivity contribution in [1.82, 2.24) is 0 Å². The lowest BCUT2D eigenvalue weighted by molar-refractivity contribution is 0.0991. The van der Waals surface area contributed by atoms with Crippen LogP contribution in [0.1, 0.15) is 21.5 Å². The monoisotopic (exact) mass is 306 g/mol. The number of hydrogen-bond acceptors (Lipinski definition) is 1. The van der Waals surface area contributed by atoms with Crippen LogP contribution in [-0.2, 0) is 6.42 Å². The second-order valence-electron chi connectivity index (χ2n) is 4.13. The molecule has 0 unspecified atom stereocenters. The Morgan fingerprint density at radius 2 is 1.89 bits per heavy atom. The van der Waals surface area contributed by atoms with Gasteiger partial charge in [0.05, 0.1) is 0 Å². The van der Waals surface area contributed by atoms with Crippen LogP contribution < -0.4 is 0 Å². The number of aryl methyl sites for hydroxylation is 1. The maximum atomic E-state index is 13.5. The summed E-state index contributed by atoms with van der Waals surface area (Å²) in [6, 6.07) is 11.9. The lowest BCUT2D eigenvalue weighted by Gasteiger charge is -2.07. The molecule has 18 heavy (non-hydrogen) atoms. The summed E-state index contributed by atoms with van der Waals surface area (Å²) in [4.78, 5) is 12.1. The molecular formula is C15H12BrFO. The van der Waals surface area contributed by atoms with Gasteiger partial charge in [0.2, 0.25) is 0 Å². The summed E-state index contributed by atoms with van der Waals surface area (Å²) in [5, 5.41) is 0. The van der Waals surface area contributed by atoms with Crippen molar-refractivity contribution in [3.63, 3.8) is 0 Å². The predicted molar refractivity (Wildman–Crippen MR) is 73.3 cm³/mol. The average Bonchev–Trinajstić information content (AvgIpc) is 2.35. The van der Waals surface area contributed by atoms with Crippen molar-refractivity contribution in [3.8, 4) is 0 Å². The van der Waals surface area contributed by atoms with Gasteiger partial charge in [-0.2, -0.15) is 0 Å². The van der Waals surface area contributed by atoms with E-state index in [0.717, 1.165) is 10.0 Å². The smallest absolute Gasteiger partial charge is 0.168 e. The third-order valence-corrected chi connectivity index (χ3v) is 3.85. The zero-order valence-electron chi connectivity index (χ0n) is 9.91. The van der Waals surface area contributed by atoms with E-state index in [1.54, 1.807) is 24.3 Å². The quantitative estimate of drug-likeness (QED) is 0.772. The molecule has 3 heteroatoms. The van der Waals surface area contributed by atoms with E-state index in [1.807, 2.05) is 19.1 Å². The van der Waals surface area contributed by atoms with Crippen LogP contribution in [0.25, 0.3) is 0 Å². The molecule has 0 amide bonds. The fourth-order valence-electron chi connectivity index (χ4n) is 1.77. The maximum Gasteiger partial charge on any atom is 0.168 e. The summed E-state index contributed by atoms with van der Waals surface area (Å²) in [5.41, 5.74) is 2.02. The maximum absolute atomic E-state index is 13.5. The Morgan fingerprint density at radius 3 is 2.61 bits per heavy atom. The Morgan fingerprint density at radius 1 is 1.17 bits per heavy atom. The fraction of sp³-hybridized carbons (Fsp3) is 0.133. The highest BCUT2D eigenvalue weighted by Gasteiger charge is 2.13. The molecule has 2 aromatic carbocycles. The molecule has 0 fully saturated rings. The summed E-state index contributed by atoms with van der Waals surface area (Å²) < 4.78 is 14.3. The van der Waals surface area contributed by atoms with Crippen molar-refractivity contribution in [2.45, 2.75) is 13.3 Å². The van der Waals surface area contributed by atoms with Crippen LogP contribution in [0.4, 0.5) is 4.39 Å². The summed E-state index contributed by atoms with van der Waals surface area (Å²) in [7, 11) is 0. The number of carbonyl (C=O) groups excluding carboxylic acids is 1. The van der Waals surface area contributed by atoms with E-state index in [-0.39, 0.29) is 18.0 Å². The highest BCUT2D eigenvalue weighted by Crippen LogP contribution is 2.23. The summed E-state index contributed by atoms with van der Waals surface area (Å²) in [6.45, 7) is 1.92. The van der Waals surface area contributed by atoms with Crippen LogP contribution in [-0.4, -0.2) is 5.78 Å². The molecule has 0 N–H and O–H groups in total. The van der Waals surface area contributed by atoms with E-state index in [4.69, 9.17) is 0 Å². The van der Waals surface area contributed by atoms with Crippen LogP contribution in [0.3, 0.4) is 0 Å². The van der Waals surface area contributed by atoms with Crippen molar-refractivity contribution in [2.24, 2.45) is 0 Å². The van der Waals surface area contributed by atoms with Gasteiger partial charge in [0.25, 0.3) is 0 Å². The molecule has 0 aliphatic rings. The predicted octanol–water partition coefficient (Wildman–Crippen LogP) is 4.32. The van der Waals surface area contributed by atoms with E-state index >= 15 is 0 Å². The second-order valence-corrected chi connectivity index (χ2v) is 4.92. The van der Waals surface area contributed by atoms with Gasteiger partial charge in [-0.1, -0.05) is 36.4 Å². The van der Waals surface area contributed by atoms with E-state index in [9.17, 15) is 9.18 Å². The molecule has 1 nitrogen and oxygen atoms in total. The zero-order chi connectivity index (χ0) is 13.1. The molecule has 0 radical (unpaired) electrons. The number of rotatable bonds is 3. The van der Waals surface area contributed by atoms with Gasteiger partial charge in [-0.15, -0.1) is 0 Å². The van der Waals surface area contributed by atoms with Gasteiger partial charge in [-0.3, -0.25) is 4.79 Å². The molecule has 0 saturated heterocycles. The number of Topliss-reactive ketones (excluding diaryl/α,β-unsaturated/α-hetero) is 1. The van der Waals surface area contributed by atoms with E-state index < -0.39 is 0 Å². The first-order valence-corrected chi connectivity index (χ1v) is 6.40. The molecule has 2 aromatic rings. The molecule has 0 atom stereocenters. The molecule has 92 valence electrons. The molecule has 0 aliphatic carbocycles. The third-order valence-electron chi connectivity index (χ3n) is 2.80. The molecule has 0 aromatic heterocycles. The van der Waals surface area contributed by atoms with Gasteiger partial charge < -0.3 is 0 Å². The van der Waals surface area contributed by atoms with Crippen molar-refractivity contribution < 1.29 is 9.18 Å². The number of ketones is 1. The minimum absolute atomic E-state index is 0.0781. The van der Waals surface area contributed by atoms with Crippen LogP contribution >= 0.6 is 15.9 Å². The van der Waals surface area contributed by atoms with Crippen molar-refractivity contribution in [1.29, 1.82) is 0 Å². The van der Waals surface area contributed by atoms with Crippen molar-refractivity contribution in [3.05, 3.63) is 69.4 Å². The minimum Gasteiger partial charge on any atom is -0.294 e. The lowest BCUT2D eigenvalue weighted by atomic mass is 10.0. The number of carbonyl (C=O) groups is 1. The van der Waals surface area contributed by atoms with Crippen molar-refractivity contribution >= 4 is 21.7 Å². The number of benzene rings is 2. The Balaban J connectivity index is 2.28. The molecule has 0 heterocycles. The van der Waals surface area contributed by atoms with Gasteiger partial charge in [-0.25, -0.2) is 4.39 Å². The second kappa shape index (κ2) is 5.44. The average molecular weight is 307 g/mol. The van der Waals surface area contributed by atoms with Crippen LogP contribution in [0, 0.1) is 12.7 Å². The topological polar surface area (TPSA) is 17.1 Å². The molecule has 2 rings (SSSR count). The van der Waals surface area contributed by atoms with Crippen LogP contribution in [0.2, 0.25) is 0 Å². The first-order valence-electron chi connectivity index (χ1n) is 5.61. The molecule has 0 saturated carbocycles. The SMILES string of the molecule is Cc1cccc(C(=O)Cc2ccccc2F)c1Br. The Hall–Kier alpha value is -1.48. The first-order chi connectivity index (χ1) is 8.59. The Bertz CT molecular complexity index is 593. The number of hydrogen-bond donors (Lipinski definition) is 0. The van der Waals surface area contributed by atoms with Gasteiger partial charge in [-0.05, 0) is 40.0 Å². The highest BCUT2D eigenvalue weighted by molar-refractivity contribution is 9.10.